The number of benzene rings is 1. The first kappa shape index (κ1) is 11.9. The van der Waals surface area contributed by atoms with Crippen LogP contribution in [0.1, 0.15) is 6.92 Å². The molecule has 1 atom stereocenters. The Hall–Kier alpha value is -1.22. The molecule has 1 rings (SSSR count). The Kier molecular flexibility index (Phi) is 4.43. The molecule has 0 bridgehead atoms. The third kappa shape index (κ3) is 3.44. The van der Waals surface area contributed by atoms with Crippen molar-refractivity contribution >= 4 is 5.69 Å². The third-order valence-electron chi connectivity index (χ3n) is 2.41. The predicted molar refractivity (Wildman–Crippen MR) is 62.5 cm³/mol. The van der Waals surface area contributed by atoms with Crippen LogP contribution in [0.2, 0.25) is 0 Å². The van der Waals surface area contributed by atoms with Crippen molar-refractivity contribution in [3.8, 4) is 5.75 Å². The molecule has 1 aromatic rings. The summed E-state index contributed by atoms with van der Waals surface area (Å²) in [6, 6.07) is 7.91. The van der Waals surface area contributed by atoms with Crippen molar-refractivity contribution in [2.24, 2.45) is 5.92 Å². The van der Waals surface area contributed by atoms with E-state index >= 15 is 0 Å². The Morgan fingerprint density at radius 1 is 1.33 bits per heavy atom. The van der Waals surface area contributed by atoms with Crippen molar-refractivity contribution in [1.29, 1.82) is 0 Å². The summed E-state index contributed by atoms with van der Waals surface area (Å²) >= 11 is 0. The molecule has 0 radical (unpaired) electrons. The van der Waals surface area contributed by atoms with E-state index in [1.165, 1.54) is 0 Å². The zero-order valence-corrected chi connectivity index (χ0v) is 9.60. The summed E-state index contributed by atoms with van der Waals surface area (Å²) in [5.41, 5.74) is 1.14. The van der Waals surface area contributed by atoms with Crippen LogP contribution in [0, 0.1) is 5.92 Å². The van der Waals surface area contributed by atoms with E-state index in [2.05, 4.69) is 4.90 Å². The largest absolute Gasteiger partial charge is 0.497 e. The lowest BCUT2D eigenvalue weighted by Gasteiger charge is -2.22. The fraction of sp³-hybridized carbons (Fsp3) is 0.500. The molecule has 1 unspecified atom stereocenters. The van der Waals surface area contributed by atoms with E-state index < -0.39 is 0 Å². The zero-order valence-electron chi connectivity index (χ0n) is 9.60. The molecule has 0 saturated carbocycles. The standard InChI is InChI=1S/C12H19NO2/c1-10(9-14)8-13(2)11-4-6-12(15-3)7-5-11/h4-7,10,14H,8-9H2,1-3H3. The third-order valence-corrected chi connectivity index (χ3v) is 2.41. The lowest BCUT2D eigenvalue weighted by Crippen LogP contribution is -2.25. The van der Waals surface area contributed by atoms with Gasteiger partial charge in [-0.15, -0.1) is 0 Å². The molecule has 0 aliphatic carbocycles. The molecule has 3 heteroatoms. The molecule has 0 fully saturated rings. The maximum atomic E-state index is 8.97. The molecule has 15 heavy (non-hydrogen) atoms. The first-order valence-corrected chi connectivity index (χ1v) is 5.13. The van der Waals surface area contributed by atoms with Gasteiger partial charge in [0, 0.05) is 25.9 Å². The average molecular weight is 209 g/mol. The number of aliphatic hydroxyl groups excluding tert-OH is 1. The van der Waals surface area contributed by atoms with E-state index in [9.17, 15) is 0 Å². The Bertz CT molecular complexity index is 284. The van der Waals surface area contributed by atoms with Crippen LogP contribution >= 0.6 is 0 Å². The van der Waals surface area contributed by atoms with Crippen molar-refractivity contribution in [3.05, 3.63) is 24.3 Å². The van der Waals surface area contributed by atoms with E-state index in [-0.39, 0.29) is 12.5 Å². The lowest BCUT2D eigenvalue weighted by atomic mass is 10.2. The van der Waals surface area contributed by atoms with Gasteiger partial charge in [0.1, 0.15) is 5.75 Å². The van der Waals surface area contributed by atoms with Crippen molar-refractivity contribution in [1.82, 2.24) is 0 Å². The van der Waals surface area contributed by atoms with Gasteiger partial charge in [0.05, 0.1) is 7.11 Å². The first-order valence-electron chi connectivity index (χ1n) is 5.13. The van der Waals surface area contributed by atoms with Gasteiger partial charge in [0.25, 0.3) is 0 Å². The van der Waals surface area contributed by atoms with E-state index in [1.807, 2.05) is 38.2 Å². The maximum Gasteiger partial charge on any atom is 0.119 e. The van der Waals surface area contributed by atoms with Crippen LogP contribution in [0.15, 0.2) is 24.3 Å². The van der Waals surface area contributed by atoms with Crippen molar-refractivity contribution in [2.45, 2.75) is 6.92 Å². The number of aliphatic hydroxyl groups is 1. The molecule has 1 aromatic carbocycles. The maximum absolute atomic E-state index is 8.97. The molecule has 0 aliphatic rings. The average Bonchev–Trinajstić information content (AvgIpc) is 2.29. The van der Waals surface area contributed by atoms with Gasteiger partial charge in [-0.3, -0.25) is 0 Å². The minimum Gasteiger partial charge on any atom is -0.497 e. The minimum atomic E-state index is 0.223. The molecule has 0 heterocycles. The van der Waals surface area contributed by atoms with Gasteiger partial charge in [-0.25, -0.2) is 0 Å². The SMILES string of the molecule is COc1ccc(N(C)CC(C)CO)cc1. The van der Waals surface area contributed by atoms with Gasteiger partial charge in [-0.2, -0.15) is 0 Å². The van der Waals surface area contributed by atoms with Crippen LogP contribution in [-0.2, 0) is 0 Å². The Morgan fingerprint density at radius 3 is 2.40 bits per heavy atom. The number of nitrogens with zero attached hydrogens (tertiary/aromatic N) is 1. The van der Waals surface area contributed by atoms with Gasteiger partial charge in [0.2, 0.25) is 0 Å². The molecule has 84 valence electrons. The second-order valence-electron chi connectivity index (χ2n) is 3.87. The van der Waals surface area contributed by atoms with E-state index in [0.29, 0.717) is 0 Å². The second kappa shape index (κ2) is 5.61. The van der Waals surface area contributed by atoms with E-state index in [1.54, 1.807) is 7.11 Å². The number of ether oxygens (including phenoxy) is 1. The topological polar surface area (TPSA) is 32.7 Å². The summed E-state index contributed by atoms with van der Waals surface area (Å²) in [4.78, 5) is 2.13. The van der Waals surface area contributed by atoms with E-state index in [0.717, 1.165) is 18.0 Å². The molecule has 0 aromatic heterocycles. The number of rotatable bonds is 5. The highest BCUT2D eigenvalue weighted by Gasteiger charge is 2.05. The molecule has 0 spiro atoms. The first-order chi connectivity index (χ1) is 7.17. The summed E-state index contributed by atoms with van der Waals surface area (Å²) < 4.78 is 5.09. The smallest absolute Gasteiger partial charge is 0.119 e. The van der Waals surface area contributed by atoms with Crippen LogP contribution in [0.4, 0.5) is 5.69 Å². The van der Waals surface area contributed by atoms with Gasteiger partial charge in [0.15, 0.2) is 0 Å². The summed E-state index contributed by atoms with van der Waals surface area (Å²) in [5.74, 6) is 1.15. The summed E-state index contributed by atoms with van der Waals surface area (Å²) in [7, 11) is 3.68. The Morgan fingerprint density at radius 2 is 1.93 bits per heavy atom. The highest BCUT2D eigenvalue weighted by molar-refractivity contribution is 5.48. The lowest BCUT2D eigenvalue weighted by molar-refractivity contribution is 0.240. The molecule has 0 amide bonds. The molecule has 0 aliphatic heterocycles. The van der Waals surface area contributed by atoms with Gasteiger partial charge >= 0.3 is 0 Å². The number of anilines is 1. The second-order valence-corrected chi connectivity index (χ2v) is 3.87. The molecule has 1 N–H and O–H groups in total. The normalized spacial score (nSPS) is 12.3. The summed E-state index contributed by atoms with van der Waals surface area (Å²) in [6.07, 6.45) is 0. The molecular weight excluding hydrogens is 190 g/mol. The minimum absolute atomic E-state index is 0.223. The van der Waals surface area contributed by atoms with Crippen molar-refractivity contribution < 1.29 is 9.84 Å². The highest BCUT2D eigenvalue weighted by Crippen LogP contribution is 2.18. The quantitative estimate of drug-likeness (QED) is 0.802. The fourth-order valence-corrected chi connectivity index (χ4v) is 1.47. The van der Waals surface area contributed by atoms with Crippen molar-refractivity contribution in [2.75, 3.05) is 32.2 Å². The Labute approximate surface area is 91.3 Å². The van der Waals surface area contributed by atoms with Gasteiger partial charge in [-0.05, 0) is 30.2 Å². The molecule has 0 saturated heterocycles. The van der Waals surface area contributed by atoms with Crippen LogP contribution in [-0.4, -0.2) is 32.4 Å². The molecule has 3 nitrogen and oxygen atoms in total. The summed E-state index contributed by atoms with van der Waals surface area (Å²) in [6.45, 7) is 3.10. The van der Waals surface area contributed by atoms with Crippen molar-refractivity contribution in [3.63, 3.8) is 0 Å². The molecular formula is C12H19NO2. The van der Waals surface area contributed by atoms with E-state index in [4.69, 9.17) is 9.84 Å². The zero-order chi connectivity index (χ0) is 11.3. The Balaban J connectivity index is 2.61. The van der Waals surface area contributed by atoms with Crippen LogP contribution < -0.4 is 9.64 Å². The monoisotopic (exact) mass is 209 g/mol. The highest BCUT2D eigenvalue weighted by atomic mass is 16.5. The number of methoxy groups -OCH3 is 1. The predicted octanol–water partition coefficient (Wildman–Crippen LogP) is 1.76. The van der Waals surface area contributed by atoms with Crippen LogP contribution in [0.25, 0.3) is 0 Å². The summed E-state index contributed by atoms with van der Waals surface area (Å²) in [5, 5.41) is 8.97. The van der Waals surface area contributed by atoms with Crippen LogP contribution in [0.5, 0.6) is 5.75 Å². The van der Waals surface area contributed by atoms with Crippen LogP contribution in [0.3, 0.4) is 0 Å². The van der Waals surface area contributed by atoms with Gasteiger partial charge in [-0.1, -0.05) is 6.92 Å². The fourth-order valence-electron chi connectivity index (χ4n) is 1.47. The van der Waals surface area contributed by atoms with Gasteiger partial charge < -0.3 is 14.7 Å². The number of hydrogen-bond donors (Lipinski definition) is 1. The number of hydrogen-bond acceptors (Lipinski definition) is 3.